The minimum Gasteiger partial charge on any atom is -0.268 e. The van der Waals surface area contributed by atoms with E-state index in [2.05, 4.69) is 10.2 Å². The largest absolute Gasteiger partial charge is 0.268 e. The highest BCUT2D eigenvalue weighted by atomic mass is 35.5. The molecular formula is C18H13ClN4O. The van der Waals surface area contributed by atoms with E-state index in [0.717, 1.165) is 22.3 Å². The Bertz CT molecular complexity index is 1110. The van der Waals surface area contributed by atoms with E-state index in [1.54, 1.807) is 17.6 Å². The topological polar surface area (TPSA) is 52.2 Å². The number of fused-ring (bicyclic) bond motifs is 1. The SMILES string of the molecule is Cn1nc(-c2c(-c3cccc(Cl)c3)nn3ccccc23)ccc1=O. The molecule has 3 aromatic heterocycles. The summed E-state index contributed by atoms with van der Waals surface area (Å²) < 4.78 is 3.13. The molecule has 0 spiro atoms. The molecule has 118 valence electrons. The molecule has 0 atom stereocenters. The van der Waals surface area contributed by atoms with Crippen molar-refractivity contribution < 1.29 is 0 Å². The summed E-state index contributed by atoms with van der Waals surface area (Å²) in [5, 5.41) is 9.72. The van der Waals surface area contributed by atoms with E-state index >= 15 is 0 Å². The maximum absolute atomic E-state index is 11.7. The molecule has 0 saturated heterocycles. The quantitative estimate of drug-likeness (QED) is 0.563. The van der Waals surface area contributed by atoms with Crippen LogP contribution in [0.1, 0.15) is 0 Å². The zero-order chi connectivity index (χ0) is 16.7. The van der Waals surface area contributed by atoms with Crippen LogP contribution in [0.15, 0.2) is 65.6 Å². The van der Waals surface area contributed by atoms with Crippen LogP contribution >= 0.6 is 11.6 Å². The molecule has 0 radical (unpaired) electrons. The summed E-state index contributed by atoms with van der Waals surface area (Å²) in [4.78, 5) is 11.7. The van der Waals surface area contributed by atoms with Crippen LogP contribution in [-0.2, 0) is 7.05 Å². The molecule has 0 aliphatic heterocycles. The Hall–Kier alpha value is -2.92. The number of aromatic nitrogens is 4. The van der Waals surface area contributed by atoms with Crippen molar-refractivity contribution in [2.75, 3.05) is 0 Å². The maximum atomic E-state index is 11.7. The third-order valence-corrected chi connectivity index (χ3v) is 4.09. The Morgan fingerprint density at radius 2 is 1.88 bits per heavy atom. The van der Waals surface area contributed by atoms with Crippen LogP contribution in [-0.4, -0.2) is 19.4 Å². The van der Waals surface area contributed by atoms with E-state index in [9.17, 15) is 4.79 Å². The molecule has 0 N–H and O–H groups in total. The van der Waals surface area contributed by atoms with Crippen LogP contribution in [0.5, 0.6) is 0 Å². The number of aryl methyl sites for hydroxylation is 1. The first kappa shape index (κ1) is 14.7. The van der Waals surface area contributed by atoms with Gasteiger partial charge in [0.2, 0.25) is 0 Å². The van der Waals surface area contributed by atoms with Crippen LogP contribution in [0, 0.1) is 0 Å². The molecule has 6 heteroatoms. The average Bonchev–Trinajstić information content (AvgIpc) is 2.97. The summed E-state index contributed by atoms with van der Waals surface area (Å²) in [7, 11) is 1.64. The molecule has 0 unspecified atom stereocenters. The summed E-state index contributed by atoms with van der Waals surface area (Å²) in [5.41, 5.74) is 3.99. The highest BCUT2D eigenvalue weighted by Gasteiger charge is 2.18. The van der Waals surface area contributed by atoms with Gasteiger partial charge >= 0.3 is 0 Å². The molecule has 4 aromatic rings. The molecule has 0 aliphatic carbocycles. The Labute approximate surface area is 142 Å². The molecule has 0 aliphatic rings. The number of rotatable bonds is 2. The van der Waals surface area contributed by atoms with Gasteiger partial charge in [0.15, 0.2) is 0 Å². The van der Waals surface area contributed by atoms with Crippen molar-refractivity contribution in [2.24, 2.45) is 7.05 Å². The molecule has 1 aromatic carbocycles. The van der Waals surface area contributed by atoms with Crippen molar-refractivity contribution >= 4 is 17.1 Å². The fourth-order valence-electron chi connectivity index (χ4n) is 2.72. The molecule has 4 rings (SSSR count). The van der Waals surface area contributed by atoms with Gasteiger partial charge < -0.3 is 0 Å². The van der Waals surface area contributed by atoms with Crippen molar-refractivity contribution in [2.45, 2.75) is 0 Å². The smallest absolute Gasteiger partial charge is 0.266 e. The minimum atomic E-state index is -0.153. The van der Waals surface area contributed by atoms with E-state index in [4.69, 9.17) is 11.6 Å². The number of pyridine rings is 1. The normalized spacial score (nSPS) is 11.1. The Morgan fingerprint density at radius 3 is 2.67 bits per heavy atom. The fraction of sp³-hybridized carbons (Fsp3) is 0.0556. The third-order valence-electron chi connectivity index (χ3n) is 3.85. The number of hydrogen-bond acceptors (Lipinski definition) is 3. The Morgan fingerprint density at radius 1 is 1.00 bits per heavy atom. The van der Waals surface area contributed by atoms with Gasteiger partial charge in [-0.3, -0.25) is 4.79 Å². The standard InChI is InChI=1S/C18H13ClN4O/c1-22-16(24)9-8-14(20-22)17-15-7-2-3-10-23(15)21-18(17)12-5-4-6-13(19)11-12/h2-11H,1H3. The fourth-order valence-corrected chi connectivity index (χ4v) is 2.92. The number of hydrogen-bond donors (Lipinski definition) is 0. The van der Waals surface area contributed by atoms with Gasteiger partial charge in [0.1, 0.15) is 5.69 Å². The lowest BCUT2D eigenvalue weighted by atomic mass is 10.0. The van der Waals surface area contributed by atoms with Crippen LogP contribution in [0.3, 0.4) is 0 Å². The van der Waals surface area contributed by atoms with Crippen molar-refractivity contribution in [1.29, 1.82) is 0 Å². The molecule has 0 saturated carbocycles. The number of halogens is 1. The van der Waals surface area contributed by atoms with Gasteiger partial charge in [-0.1, -0.05) is 29.8 Å². The lowest BCUT2D eigenvalue weighted by Crippen LogP contribution is -2.18. The maximum Gasteiger partial charge on any atom is 0.266 e. The first-order chi connectivity index (χ1) is 11.6. The molecule has 5 nitrogen and oxygen atoms in total. The predicted molar refractivity (Wildman–Crippen MR) is 94.1 cm³/mol. The second-order valence-electron chi connectivity index (χ2n) is 5.44. The van der Waals surface area contributed by atoms with E-state index in [1.165, 1.54) is 10.7 Å². The first-order valence-electron chi connectivity index (χ1n) is 7.41. The lowest BCUT2D eigenvalue weighted by Gasteiger charge is -2.05. The highest BCUT2D eigenvalue weighted by Crippen LogP contribution is 2.34. The zero-order valence-electron chi connectivity index (χ0n) is 12.8. The van der Waals surface area contributed by atoms with Crippen LogP contribution in [0.2, 0.25) is 5.02 Å². The average molecular weight is 337 g/mol. The van der Waals surface area contributed by atoms with Crippen molar-refractivity contribution in [3.8, 4) is 22.5 Å². The van der Waals surface area contributed by atoms with Gasteiger partial charge in [0.05, 0.1) is 16.8 Å². The third kappa shape index (κ3) is 2.39. The van der Waals surface area contributed by atoms with Crippen molar-refractivity contribution in [3.63, 3.8) is 0 Å². The second-order valence-corrected chi connectivity index (χ2v) is 5.88. The lowest BCUT2D eigenvalue weighted by molar-refractivity contribution is 0.712. The first-order valence-corrected chi connectivity index (χ1v) is 7.79. The predicted octanol–water partition coefficient (Wildman–Crippen LogP) is 3.42. The Balaban J connectivity index is 2.07. The van der Waals surface area contributed by atoms with Crippen molar-refractivity contribution in [1.82, 2.24) is 19.4 Å². The van der Waals surface area contributed by atoms with Gasteiger partial charge in [-0.15, -0.1) is 0 Å². The van der Waals surface area contributed by atoms with Gasteiger partial charge in [-0.25, -0.2) is 9.20 Å². The van der Waals surface area contributed by atoms with E-state index in [1.807, 2.05) is 48.7 Å². The summed E-state index contributed by atoms with van der Waals surface area (Å²) in [5.74, 6) is 0. The molecule has 0 bridgehead atoms. The van der Waals surface area contributed by atoms with Crippen molar-refractivity contribution in [3.05, 3.63) is 76.2 Å². The molecule has 3 heterocycles. The summed E-state index contributed by atoms with van der Waals surface area (Å²) in [6.45, 7) is 0. The highest BCUT2D eigenvalue weighted by molar-refractivity contribution is 6.30. The summed E-state index contributed by atoms with van der Waals surface area (Å²) in [6, 6.07) is 16.6. The van der Waals surface area contributed by atoms with Gasteiger partial charge in [-0.05, 0) is 30.3 Å². The van der Waals surface area contributed by atoms with Gasteiger partial charge in [0, 0.05) is 29.9 Å². The van der Waals surface area contributed by atoms with Gasteiger partial charge in [-0.2, -0.15) is 10.2 Å². The Kier molecular flexibility index (Phi) is 3.43. The molecule has 24 heavy (non-hydrogen) atoms. The summed E-state index contributed by atoms with van der Waals surface area (Å²) in [6.07, 6.45) is 1.88. The van der Waals surface area contributed by atoms with E-state index in [0.29, 0.717) is 10.7 Å². The van der Waals surface area contributed by atoms with Crippen LogP contribution < -0.4 is 5.56 Å². The second kappa shape index (κ2) is 5.62. The van der Waals surface area contributed by atoms with E-state index < -0.39 is 0 Å². The van der Waals surface area contributed by atoms with Gasteiger partial charge in [0.25, 0.3) is 5.56 Å². The van der Waals surface area contributed by atoms with E-state index in [-0.39, 0.29) is 5.56 Å². The summed E-state index contributed by atoms with van der Waals surface area (Å²) >= 11 is 6.14. The number of benzene rings is 1. The molecular weight excluding hydrogens is 324 g/mol. The monoisotopic (exact) mass is 336 g/mol. The van der Waals surface area contributed by atoms with Crippen LogP contribution in [0.25, 0.3) is 28.0 Å². The zero-order valence-corrected chi connectivity index (χ0v) is 13.6. The number of nitrogens with zero attached hydrogens (tertiary/aromatic N) is 4. The minimum absolute atomic E-state index is 0.153. The molecule has 0 fully saturated rings. The van der Waals surface area contributed by atoms with Crippen LogP contribution in [0.4, 0.5) is 0 Å². The molecule has 0 amide bonds.